The molecule has 5 heteroatoms. The van der Waals surface area contributed by atoms with Crippen LogP contribution < -0.4 is 5.32 Å². The van der Waals surface area contributed by atoms with Crippen LogP contribution in [-0.4, -0.2) is 36.8 Å². The van der Waals surface area contributed by atoms with Crippen LogP contribution in [0.1, 0.15) is 29.8 Å². The van der Waals surface area contributed by atoms with Gasteiger partial charge >= 0.3 is 0 Å². The normalized spacial score (nSPS) is 12.6. The SMILES string of the molecule is COCCNCC(C)c1c(C)nc(-c2ccco2)nc1C. The van der Waals surface area contributed by atoms with Crippen LogP contribution in [0.25, 0.3) is 11.6 Å². The number of ether oxygens (including phenoxy) is 1. The number of methoxy groups -OCH3 is 1. The molecule has 2 rings (SSSR count). The molecule has 5 nitrogen and oxygen atoms in total. The summed E-state index contributed by atoms with van der Waals surface area (Å²) in [7, 11) is 1.71. The summed E-state index contributed by atoms with van der Waals surface area (Å²) in [6.07, 6.45) is 1.64. The van der Waals surface area contributed by atoms with Gasteiger partial charge in [0.25, 0.3) is 0 Å². The van der Waals surface area contributed by atoms with Gasteiger partial charge in [-0.25, -0.2) is 9.97 Å². The van der Waals surface area contributed by atoms with Crippen molar-refractivity contribution < 1.29 is 9.15 Å². The highest BCUT2D eigenvalue weighted by atomic mass is 16.5. The van der Waals surface area contributed by atoms with Crippen molar-refractivity contribution in [1.82, 2.24) is 15.3 Å². The van der Waals surface area contributed by atoms with Gasteiger partial charge in [-0.05, 0) is 37.5 Å². The average Bonchev–Trinajstić information content (AvgIpc) is 2.97. The second-order valence-electron chi connectivity index (χ2n) is 5.21. The Hall–Kier alpha value is -1.72. The molecule has 0 saturated heterocycles. The minimum absolute atomic E-state index is 0.354. The van der Waals surface area contributed by atoms with Gasteiger partial charge in [0.2, 0.25) is 0 Å². The van der Waals surface area contributed by atoms with Crippen LogP contribution in [-0.2, 0) is 4.74 Å². The third-order valence-corrected chi connectivity index (χ3v) is 3.49. The average molecular weight is 289 g/mol. The number of nitrogens with one attached hydrogen (secondary N) is 1. The minimum atomic E-state index is 0.354. The van der Waals surface area contributed by atoms with Crippen molar-refractivity contribution in [3.05, 3.63) is 35.3 Å². The van der Waals surface area contributed by atoms with Crippen molar-refractivity contribution in [3.63, 3.8) is 0 Å². The van der Waals surface area contributed by atoms with Gasteiger partial charge in [-0.3, -0.25) is 0 Å². The predicted molar refractivity (Wildman–Crippen MR) is 82.4 cm³/mol. The maximum atomic E-state index is 5.37. The lowest BCUT2D eigenvalue weighted by molar-refractivity contribution is 0.199. The Morgan fingerprint density at radius 2 is 2.00 bits per heavy atom. The standard InChI is InChI=1S/C16H23N3O2/c1-11(10-17-7-9-20-4)15-12(2)18-16(19-13(15)3)14-6-5-8-21-14/h5-6,8,11,17H,7,9-10H2,1-4H3. The molecule has 0 amide bonds. The van der Waals surface area contributed by atoms with Crippen LogP contribution in [0.15, 0.2) is 22.8 Å². The Labute approximate surface area is 125 Å². The Morgan fingerprint density at radius 3 is 2.57 bits per heavy atom. The highest BCUT2D eigenvalue weighted by molar-refractivity contribution is 5.48. The molecule has 0 aliphatic heterocycles. The highest BCUT2D eigenvalue weighted by Gasteiger charge is 2.16. The van der Waals surface area contributed by atoms with Gasteiger partial charge < -0.3 is 14.5 Å². The molecular formula is C16H23N3O2. The first-order valence-electron chi connectivity index (χ1n) is 7.22. The van der Waals surface area contributed by atoms with Crippen LogP contribution in [0.3, 0.4) is 0 Å². The smallest absolute Gasteiger partial charge is 0.196 e. The van der Waals surface area contributed by atoms with E-state index in [2.05, 4.69) is 22.2 Å². The highest BCUT2D eigenvalue weighted by Crippen LogP contribution is 2.24. The maximum absolute atomic E-state index is 5.37. The fourth-order valence-corrected chi connectivity index (χ4v) is 2.55. The van der Waals surface area contributed by atoms with E-state index in [1.165, 1.54) is 5.56 Å². The van der Waals surface area contributed by atoms with E-state index >= 15 is 0 Å². The summed E-state index contributed by atoms with van der Waals surface area (Å²) in [4.78, 5) is 9.17. The monoisotopic (exact) mass is 289 g/mol. The van der Waals surface area contributed by atoms with Gasteiger partial charge in [-0.1, -0.05) is 6.92 Å². The summed E-state index contributed by atoms with van der Waals surface area (Å²) in [5.41, 5.74) is 3.22. The third-order valence-electron chi connectivity index (χ3n) is 3.49. The molecule has 0 aliphatic rings. The van der Waals surface area contributed by atoms with E-state index in [-0.39, 0.29) is 0 Å². The summed E-state index contributed by atoms with van der Waals surface area (Å²) in [5.74, 6) is 1.71. The number of hydrogen-bond acceptors (Lipinski definition) is 5. The number of rotatable bonds is 7. The van der Waals surface area contributed by atoms with Crippen molar-refractivity contribution >= 4 is 0 Å². The molecule has 2 aromatic rings. The first-order chi connectivity index (χ1) is 10.1. The Balaban J connectivity index is 2.13. The molecule has 0 radical (unpaired) electrons. The van der Waals surface area contributed by atoms with E-state index in [9.17, 15) is 0 Å². The molecular weight excluding hydrogens is 266 g/mol. The number of nitrogens with zero attached hydrogens (tertiary/aromatic N) is 2. The first-order valence-corrected chi connectivity index (χ1v) is 7.22. The summed E-state index contributed by atoms with van der Waals surface area (Å²) in [6.45, 7) is 8.70. The van der Waals surface area contributed by atoms with Crippen LogP contribution in [0, 0.1) is 13.8 Å². The van der Waals surface area contributed by atoms with Gasteiger partial charge in [0.15, 0.2) is 11.6 Å². The lowest BCUT2D eigenvalue weighted by atomic mass is 9.98. The zero-order valence-electron chi connectivity index (χ0n) is 13.1. The van der Waals surface area contributed by atoms with Crippen molar-refractivity contribution in [2.24, 2.45) is 0 Å². The van der Waals surface area contributed by atoms with Crippen molar-refractivity contribution in [1.29, 1.82) is 0 Å². The molecule has 1 N–H and O–H groups in total. The summed E-state index contributed by atoms with van der Waals surface area (Å²) >= 11 is 0. The zero-order valence-corrected chi connectivity index (χ0v) is 13.1. The molecule has 114 valence electrons. The number of aryl methyl sites for hydroxylation is 2. The second kappa shape index (κ2) is 7.33. The van der Waals surface area contributed by atoms with Crippen LogP contribution in [0.2, 0.25) is 0 Å². The molecule has 2 heterocycles. The van der Waals surface area contributed by atoms with Crippen molar-refractivity contribution in [2.45, 2.75) is 26.7 Å². The van der Waals surface area contributed by atoms with E-state index in [0.29, 0.717) is 17.5 Å². The Morgan fingerprint density at radius 1 is 1.29 bits per heavy atom. The van der Waals surface area contributed by atoms with Crippen LogP contribution in [0.5, 0.6) is 0 Å². The molecule has 1 unspecified atom stereocenters. The van der Waals surface area contributed by atoms with Gasteiger partial charge in [-0.15, -0.1) is 0 Å². The van der Waals surface area contributed by atoms with Gasteiger partial charge in [0.05, 0.1) is 12.9 Å². The van der Waals surface area contributed by atoms with Gasteiger partial charge in [0.1, 0.15) is 0 Å². The number of aromatic nitrogens is 2. The molecule has 21 heavy (non-hydrogen) atoms. The lowest BCUT2D eigenvalue weighted by Crippen LogP contribution is -2.25. The van der Waals surface area contributed by atoms with Gasteiger partial charge in [0, 0.05) is 31.6 Å². The molecule has 0 spiro atoms. The van der Waals surface area contributed by atoms with Crippen molar-refractivity contribution in [3.8, 4) is 11.6 Å². The van der Waals surface area contributed by atoms with Gasteiger partial charge in [-0.2, -0.15) is 0 Å². The third kappa shape index (κ3) is 3.89. The molecule has 0 bridgehead atoms. The van der Waals surface area contributed by atoms with E-state index < -0.39 is 0 Å². The lowest BCUT2D eigenvalue weighted by Gasteiger charge is -2.17. The predicted octanol–water partition coefficient (Wildman–Crippen LogP) is 2.69. The van der Waals surface area contributed by atoms with Crippen LogP contribution in [0.4, 0.5) is 0 Å². The summed E-state index contributed by atoms with van der Waals surface area (Å²) in [5, 5.41) is 3.38. The topological polar surface area (TPSA) is 60.2 Å². The van der Waals surface area contributed by atoms with Crippen molar-refractivity contribution in [2.75, 3.05) is 26.8 Å². The fourth-order valence-electron chi connectivity index (χ4n) is 2.55. The van der Waals surface area contributed by atoms with E-state index in [1.807, 2.05) is 26.0 Å². The molecule has 2 aromatic heterocycles. The number of furan rings is 1. The summed E-state index contributed by atoms with van der Waals surface area (Å²) in [6, 6.07) is 3.73. The van der Waals surface area contributed by atoms with E-state index in [4.69, 9.17) is 9.15 Å². The fraction of sp³-hybridized carbons (Fsp3) is 0.500. The molecule has 0 saturated carbocycles. The Bertz CT molecular complexity index is 544. The molecule has 1 atom stereocenters. The quantitative estimate of drug-likeness (QED) is 0.794. The second-order valence-corrected chi connectivity index (χ2v) is 5.21. The molecule has 0 aliphatic carbocycles. The van der Waals surface area contributed by atoms with E-state index in [0.717, 1.165) is 31.1 Å². The van der Waals surface area contributed by atoms with Crippen LogP contribution >= 0.6 is 0 Å². The largest absolute Gasteiger partial charge is 0.461 e. The Kier molecular flexibility index (Phi) is 5.47. The first kappa shape index (κ1) is 15.7. The maximum Gasteiger partial charge on any atom is 0.196 e. The van der Waals surface area contributed by atoms with E-state index in [1.54, 1.807) is 13.4 Å². The molecule has 0 aromatic carbocycles. The minimum Gasteiger partial charge on any atom is -0.461 e. The summed E-state index contributed by atoms with van der Waals surface area (Å²) < 4.78 is 10.4. The zero-order chi connectivity index (χ0) is 15.2. The molecule has 0 fully saturated rings. The number of hydrogen-bond donors (Lipinski definition) is 1.